The highest BCUT2D eigenvalue weighted by Crippen LogP contribution is 2.38. The van der Waals surface area contributed by atoms with E-state index in [4.69, 9.17) is 10.7 Å². The maximum absolute atomic E-state index is 13.5. The molecule has 310 valence electrons. The molecule has 1 aromatic heterocycles. The molecule has 2 atom stereocenters. The van der Waals surface area contributed by atoms with Gasteiger partial charge in [0.2, 0.25) is 11.8 Å². The average molecular weight is 804 g/mol. The quantitative estimate of drug-likeness (QED) is 0.207. The van der Waals surface area contributed by atoms with Crippen molar-refractivity contribution in [3.05, 3.63) is 71.0 Å². The maximum Gasteiger partial charge on any atom is 0.320 e. The van der Waals surface area contributed by atoms with Crippen LogP contribution < -0.4 is 26.6 Å². The third-order valence-electron chi connectivity index (χ3n) is 13.3. The molecule has 2 aromatic carbocycles. The topological polar surface area (TPSA) is 189 Å². The van der Waals surface area contributed by atoms with E-state index >= 15 is 0 Å². The average Bonchev–Trinajstić information content (AvgIpc) is 3.70. The Morgan fingerprint density at radius 1 is 0.898 bits per heavy atom. The number of nitrogens with two attached hydrogens (primary N) is 1. The van der Waals surface area contributed by atoms with Crippen LogP contribution >= 0.6 is 0 Å². The van der Waals surface area contributed by atoms with E-state index in [1.54, 1.807) is 23.2 Å². The fourth-order valence-electron chi connectivity index (χ4n) is 9.88. The second-order valence-corrected chi connectivity index (χ2v) is 17.0. The van der Waals surface area contributed by atoms with Crippen LogP contribution in [-0.4, -0.2) is 130 Å². The van der Waals surface area contributed by atoms with E-state index < -0.39 is 23.8 Å². The Morgan fingerprint density at radius 3 is 2.42 bits per heavy atom. The summed E-state index contributed by atoms with van der Waals surface area (Å²) in [7, 11) is 1.86. The molecular formula is C43H53N11O5. The number of hydrogen-bond donors (Lipinski definition) is 4. The number of likely N-dealkylation sites (tertiary alicyclic amines) is 1. The second-order valence-electron chi connectivity index (χ2n) is 17.0. The first-order valence-electron chi connectivity index (χ1n) is 21.2. The van der Waals surface area contributed by atoms with Crippen molar-refractivity contribution in [1.29, 1.82) is 0 Å². The first kappa shape index (κ1) is 38.9. The highest BCUT2D eigenvalue weighted by atomic mass is 16.2. The predicted molar refractivity (Wildman–Crippen MR) is 221 cm³/mol. The summed E-state index contributed by atoms with van der Waals surface area (Å²) < 4.78 is 0. The van der Waals surface area contributed by atoms with Gasteiger partial charge in [0.25, 0.3) is 11.8 Å². The smallest absolute Gasteiger partial charge is 0.320 e. The van der Waals surface area contributed by atoms with Gasteiger partial charge < -0.3 is 36.0 Å². The van der Waals surface area contributed by atoms with E-state index in [0.29, 0.717) is 40.2 Å². The lowest BCUT2D eigenvalue weighted by Crippen LogP contribution is -2.54. The van der Waals surface area contributed by atoms with Crippen LogP contribution in [0.5, 0.6) is 0 Å². The molecule has 1 aliphatic carbocycles. The number of nitrogens with one attached hydrogen (secondary N) is 3. The second kappa shape index (κ2) is 16.2. The number of aromatic nitrogens is 2. The number of piperidine rings is 3. The van der Waals surface area contributed by atoms with Crippen LogP contribution in [0.2, 0.25) is 0 Å². The van der Waals surface area contributed by atoms with Crippen molar-refractivity contribution in [2.75, 3.05) is 68.4 Å². The minimum absolute atomic E-state index is 0.0922. The van der Waals surface area contributed by atoms with Crippen molar-refractivity contribution in [3.63, 3.8) is 0 Å². The van der Waals surface area contributed by atoms with Gasteiger partial charge in [-0.25, -0.2) is 9.78 Å². The first-order valence-corrected chi connectivity index (χ1v) is 21.2. The Morgan fingerprint density at radius 2 is 1.69 bits per heavy atom. The number of carbonyl (C=O) groups is 5. The normalized spacial score (nSPS) is 25.4. The minimum atomic E-state index is -0.979. The molecule has 59 heavy (non-hydrogen) atoms. The zero-order chi connectivity index (χ0) is 40.8. The Balaban J connectivity index is 0.745. The van der Waals surface area contributed by atoms with Gasteiger partial charge in [0, 0.05) is 70.2 Å². The predicted octanol–water partition coefficient (Wildman–Crippen LogP) is 3.49. The van der Waals surface area contributed by atoms with E-state index in [1.807, 2.05) is 18.0 Å². The van der Waals surface area contributed by atoms with Crippen LogP contribution in [0, 0.1) is 5.92 Å². The fraction of sp³-hybridized carbons (Fsp3) is 0.512. The van der Waals surface area contributed by atoms with Gasteiger partial charge in [0.05, 0.1) is 29.1 Å². The molecule has 0 bridgehead atoms. The number of nitrogens with zero attached hydrogens (tertiary/aromatic N) is 7. The molecule has 5 aliphatic heterocycles. The number of fused-ring (bicyclic) bond motifs is 1. The molecule has 1 saturated carbocycles. The summed E-state index contributed by atoms with van der Waals surface area (Å²) in [5, 5.41) is 9.26. The molecule has 6 heterocycles. The lowest BCUT2D eigenvalue weighted by atomic mass is 9.79. The lowest BCUT2D eigenvalue weighted by Gasteiger charge is -2.41. The van der Waals surface area contributed by atoms with Crippen molar-refractivity contribution in [1.82, 2.24) is 34.9 Å². The molecule has 3 aromatic rings. The maximum atomic E-state index is 13.5. The third kappa shape index (κ3) is 7.71. The summed E-state index contributed by atoms with van der Waals surface area (Å²) in [5.41, 5.74) is 10.3. The van der Waals surface area contributed by atoms with Gasteiger partial charge in [0.15, 0.2) is 5.82 Å². The number of hydrogen-bond acceptors (Lipinski definition) is 12. The van der Waals surface area contributed by atoms with E-state index in [1.165, 1.54) is 5.56 Å². The number of benzene rings is 2. The molecule has 4 saturated heterocycles. The number of rotatable bonds is 11. The summed E-state index contributed by atoms with van der Waals surface area (Å²) in [6, 6.07) is 13.4. The molecule has 9 rings (SSSR count). The van der Waals surface area contributed by atoms with Crippen LogP contribution in [-0.2, 0) is 16.1 Å². The molecule has 6 aliphatic rings. The minimum Gasteiger partial charge on any atom is -0.382 e. The highest BCUT2D eigenvalue weighted by Gasteiger charge is 2.46. The van der Waals surface area contributed by atoms with Crippen molar-refractivity contribution in [3.8, 4) is 0 Å². The van der Waals surface area contributed by atoms with E-state index in [9.17, 15) is 24.0 Å². The number of amides is 6. The molecule has 16 heteroatoms. The van der Waals surface area contributed by atoms with Crippen LogP contribution in [0.3, 0.4) is 0 Å². The summed E-state index contributed by atoms with van der Waals surface area (Å²) in [6.45, 7) is 6.53. The van der Waals surface area contributed by atoms with Gasteiger partial charge in [-0.3, -0.25) is 34.4 Å². The Kier molecular flexibility index (Phi) is 10.7. The Hall–Kier alpha value is -5.61. The van der Waals surface area contributed by atoms with Crippen molar-refractivity contribution in [2.24, 2.45) is 11.7 Å². The van der Waals surface area contributed by atoms with Gasteiger partial charge in [-0.15, -0.1) is 0 Å². The lowest BCUT2D eigenvalue weighted by molar-refractivity contribution is -0.136. The zero-order valence-corrected chi connectivity index (χ0v) is 33.6. The van der Waals surface area contributed by atoms with E-state index in [2.05, 4.69) is 55.0 Å². The Labute approximate surface area is 343 Å². The number of anilines is 4. The van der Waals surface area contributed by atoms with Crippen molar-refractivity contribution >= 4 is 52.7 Å². The number of urea groups is 1. The monoisotopic (exact) mass is 803 g/mol. The molecule has 5 N–H and O–H groups in total. The van der Waals surface area contributed by atoms with Gasteiger partial charge in [-0.05, 0) is 99.7 Å². The molecule has 0 unspecified atom stereocenters. The summed E-state index contributed by atoms with van der Waals surface area (Å²) in [6.07, 6.45) is 8.15. The summed E-state index contributed by atoms with van der Waals surface area (Å²) in [4.78, 5) is 82.8. The SMILES string of the molecule is CN1CCN([C@@H]2CCCN(c3cnc(CN)c(Nc4ccc(C5CCN(C[C@H]6C[C@@H](Nc7cccc8c7C(=O)N([C@@H]7CCC(=O)NC7=O)C8=O)C6)CC5)cc4)n3)C2)C1=O. The van der Waals surface area contributed by atoms with Gasteiger partial charge in [0.1, 0.15) is 11.9 Å². The zero-order valence-electron chi connectivity index (χ0n) is 33.6. The Bertz CT molecular complexity index is 2130. The molecule has 0 spiro atoms. The fourth-order valence-corrected chi connectivity index (χ4v) is 9.88. The van der Waals surface area contributed by atoms with Crippen LogP contribution in [0.4, 0.5) is 27.8 Å². The van der Waals surface area contributed by atoms with Gasteiger partial charge in [-0.1, -0.05) is 18.2 Å². The van der Waals surface area contributed by atoms with Crippen molar-refractivity contribution < 1.29 is 24.0 Å². The number of imide groups is 2. The van der Waals surface area contributed by atoms with E-state index in [-0.39, 0.29) is 43.4 Å². The van der Waals surface area contributed by atoms with E-state index in [0.717, 1.165) is 101 Å². The highest BCUT2D eigenvalue weighted by molar-refractivity contribution is 6.25. The molecule has 5 fully saturated rings. The van der Waals surface area contributed by atoms with Gasteiger partial charge >= 0.3 is 6.03 Å². The number of likely N-dealkylation sites (N-methyl/N-ethyl adjacent to an activating group) is 1. The molecular weight excluding hydrogens is 751 g/mol. The van der Waals surface area contributed by atoms with Gasteiger partial charge in [-0.2, -0.15) is 0 Å². The van der Waals surface area contributed by atoms with Crippen LogP contribution in [0.25, 0.3) is 0 Å². The molecule has 0 radical (unpaired) electrons. The molecule has 6 amide bonds. The summed E-state index contributed by atoms with van der Waals surface area (Å²) in [5.74, 6) is 0.528. The largest absolute Gasteiger partial charge is 0.382 e. The molecule has 16 nitrogen and oxygen atoms in total. The number of carbonyl (C=O) groups excluding carboxylic acids is 5. The van der Waals surface area contributed by atoms with Crippen LogP contribution in [0.15, 0.2) is 48.7 Å². The van der Waals surface area contributed by atoms with Crippen LogP contribution in [0.1, 0.15) is 89.3 Å². The summed E-state index contributed by atoms with van der Waals surface area (Å²) >= 11 is 0. The standard InChI is InChI=1S/C43H53N11O5/c1-50-18-19-53(43(50)59)31-4-3-15-52(25-31)36-23-45-34(22-44)39(48-36)47-29-9-7-27(8-10-29)28-13-16-51(17-14-28)24-26-20-30(21-26)46-33-6-2-5-32-38(33)42(58)54(41(32)57)35-11-12-37(55)49-40(35)56/h2,5-10,23,26,28,30-31,35,46H,3-4,11-22,24-25,44H2,1H3,(H,47,48)(H,49,55,56)/t26-,30+,31-,35-/m1/s1. The third-order valence-corrected chi connectivity index (χ3v) is 13.3. The van der Waals surface area contributed by atoms with Crippen molar-refractivity contribution in [2.45, 2.75) is 82.0 Å². The first-order chi connectivity index (χ1) is 28.6.